The van der Waals surface area contributed by atoms with Crippen LogP contribution in [0.3, 0.4) is 0 Å². The molecule has 1 aromatic carbocycles. The molecular weight excluding hydrogens is 218 g/mol. The van der Waals surface area contributed by atoms with E-state index in [4.69, 9.17) is 0 Å². The quantitative estimate of drug-likeness (QED) is 0.637. The molecule has 86 valence electrons. The predicted octanol–water partition coefficient (Wildman–Crippen LogP) is 1.31. The Balaban J connectivity index is 2.59. The summed E-state index contributed by atoms with van der Waals surface area (Å²) in [5, 5.41) is 0. The highest BCUT2D eigenvalue weighted by Gasteiger charge is 2.08. The fourth-order valence-corrected chi connectivity index (χ4v) is 1.73. The van der Waals surface area contributed by atoms with Crippen LogP contribution in [0, 0.1) is 6.92 Å². The molecule has 1 aromatic heterocycles. The molecule has 0 unspecified atom stereocenters. The van der Waals surface area contributed by atoms with Crippen LogP contribution < -0.4 is 5.69 Å². The Morgan fingerprint density at radius 3 is 2.82 bits per heavy atom. The number of para-hydroxylation sites is 1. The van der Waals surface area contributed by atoms with Gasteiger partial charge in [0.25, 0.3) is 0 Å². The summed E-state index contributed by atoms with van der Waals surface area (Å²) in [5.41, 5.74) is 2.14. The van der Waals surface area contributed by atoms with Crippen LogP contribution in [0.4, 0.5) is 0 Å². The Labute approximate surface area is 97.4 Å². The zero-order chi connectivity index (χ0) is 12.3. The van der Waals surface area contributed by atoms with Crippen LogP contribution in [0.5, 0.6) is 0 Å². The number of hydrogen-bond donors (Lipinski definition) is 1. The summed E-state index contributed by atoms with van der Waals surface area (Å²) in [6.07, 6.45) is 3.14. The van der Waals surface area contributed by atoms with Crippen LogP contribution in [0.25, 0.3) is 5.69 Å². The van der Waals surface area contributed by atoms with Gasteiger partial charge >= 0.3 is 5.69 Å². The van der Waals surface area contributed by atoms with Crippen molar-refractivity contribution < 1.29 is 4.79 Å². The van der Waals surface area contributed by atoms with E-state index in [2.05, 4.69) is 9.98 Å². The number of aromatic nitrogens is 2. The van der Waals surface area contributed by atoms with Gasteiger partial charge < -0.3 is 4.98 Å². The van der Waals surface area contributed by atoms with Crippen LogP contribution >= 0.6 is 0 Å². The predicted molar refractivity (Wildman–Crippen MR) is 63.0 cm³/mol. The van der Waals surface area contributed by atoms with E-state index in [0.717, 1.165) is 16.9 Å². The van der Waals surface area contributed by atoms with E-state index in [1.165, 1.54) is 6.08 Å². The minimum atomic E-state index is -0.204. The van der Waals surface area contributed by atoms with E-state index in [-0.39, 0.29) is 12.2 Å². The van der Waals surface area contributed by atoms with E-state index in [1.807, 2.05) is 31.2 Å². The number of aromatic amines is 1. The number of carbonyl (C=O) groups excluding carboxylic acids is 1. The van der Waals surface area contributed by atoms with Gasteiger partial charge in [-0.1, -0.05) is 18.2 Å². The summed E-state index contributed by atoms with van der Waals surface area (Å²) in [7, 11) is 0. The second-order valence-electron chi connectivity index (χ2n) is 3.61. The Morgan fingerprint density at radius 1 is 1.41 bits per heavy atom. The average molecular weight is 229 g/mol. The molecule has 0 aliphatic heterocycles. The van der Waals surface area contributed by atoms with Gasteiger partial charge in [0, 0.05) is 11.9 Å². The number of imidazole rings is 1. The van der Waals surface area contributed by atoms with Gasteiger partial charge in [-0.05, 0) is 18.6 Å². The Bertz CT molecular complexity index is 633. The van der Waals surface area contributed by atoms with E-state index in [9.17, 15) is 9.59 Å². The molecule has 2 aromatic rings. The van der Waals surface area contributed by atoms with Crippen LogP contribution in [-0.4, -0.2) is 15.6 Å². The number of aryl methyl sites for hydroxylation is 1. The average Bonchev–Trinajstić information content (AvgIpc) is 2.67. The molecule has 0 atom stereocenters. The standard InChI is InChI=1S/C12H11N3O2/c1-9-6-14-12(17)15(9)11-5-3-2-4-10(11)7-13-8-16/h2-6H,7H2,1H3,(H,14,17). The summed E-state index contributed by atoms with van der Waals surface area (Å²) < 4.78 is 1.55. The molecule has 0 spiro atoms. The van der Waals surface area contributed by atoms with Crippen molar-refractivity contribution in [3.05, 3.63) is 52.2 Å². The monoisotopic (exact) mass is 229 g/mol. The number of aliphatic imine (C=N–C) groups is 1. The summed E-state index contributed by atoms with van der Waals surface area (Å²) in [5.74, 6) is 0. The molecule has 0 amide bonds. The molecule has 0 bridgehead atoms. The maximum Gasteiger partial charge on any atom is 0.330 e. The van der Waals surface area contributed by atoms with Crippen molar-refractivity contribution >= 4 is 6.08 Å². The molecular formula is C12H11N3O2. The molecule has 0 aliphatic rings. The largest absolute Gasteiger partial charge is 0.330 e. The smallest absolute Gasteiger partial charge is 0.312 e. The normalized spacial score (nSPS) is 9.94. The van der Waals surface area contributed by atoms with Crippen molar-refractivity contribution in [2.24, 2.45) is 4.99 Å². The lowest BCUT2D eigenvalue weighted by Gasteiger charge is -2.08. The first-order valence-electron chi connectivity index (χ1n) is 5.13. The molecule has 0 saturated heterocycles. The van der Waals surface area contributed by atoms with E-state index in [1.54, 1.807) is 10.8 Å². The highest BCUT2D eigenvalue weighted by atomic mass is 16.1. The van der Waals surface area contributed by atoms with Crippen LogP contribution in [0.2, 0.25) is 0 Å². The number of isocyanates is 1. The van der Waals surface area contributed by atoms with Crippen LogP contribution in [0.15, 0.2) is 40.2 Å². The maximum atomic E-state index is 11.7. The Kier molecular flexibility index (Phi) is 3.03. The minimum absolute atomic E-state index is 0.204. The summed E-state index contributed by atoms with van der Waals surface area (Å²) in [4.78, 5) is 28.0. The first-order chi connectivity index (χ1) is 8.24. The number of nitrogens with one attached hydrogen (secondary N) is 1. The SMILES string of the molecule is Cc1c[nH]c(=O)n1-c1ccccc1CN=C=O. The number of hydrogen-bond acceptors (Lipinski definition) is 3. The molecule has 17 heavy (non-hydrogen) atoms. The molecule has 5 heteroatoms. The molecule has 5 nitrogen and oxygen atoms in total. The Morgan fingerprint density at radius 2 is 2.18 bits per heavy atom. The van der Waals surface area contributed by atoms with Crippen molar-refractivity contribution in [1.82, 2.24) is 9.55 Å². The van der Waals surface area contributed by atoms with Gasteiger partial charge in [-0.2, -0.15) is 0 Å². The van der Waals surface area contributed by atoms with Gasteiger partial charge in [0.15, 0.2) is 0 Å². The van der Waals surface area contributed by atoms with E-state index < -0.39 is 0 Å². The van der Waals surface area contributed by atoms with Crippen molar-refractivity contribution in [1.29, 1.82) is 0 Å². The molecule has 0 fully saturated rings. The number of rotatable bonds is 3. The van der Waals surface area contributed by atoms with Gasteiger partial charge in [0.1, 0.15) is 0 Å². The zero-order valence-corrected chi connectivity index (χ0v) is 9.30. The van der Waals surface area contributed by atoms with Gasteiger partial charge in [0.2, 0.25) is 6.08 Å². The lowest BCUT2D eigenvalue weighted by atomic mass is 10.1. The fraction of sp³-hybridized carbons (Fsp3) is 0.167. The highest BCUT2D eigenvalue weighted by Crippen LogP contribution is 2.15. The molecule has 1 heterocycles. The van der Waals surface area contributed by atoms with Gasteiger partial charge in [-0.25, -0.2) is 14.6 Å². The Hall–Kier alpha value is -2.39. The summed E-state index contributed by atoms with van der Waals surface area (Å²) >= 11 is 0. The molecule has 1 N–H and O–H groups in total. The second kappa shape index (κ2) is 4.63. The van der Waals surface area contributed by atoms with Crippen LogP contribution in [-0.2, 0) is 11.3 Å². The number of nitrogens with zero attached hydrogens (tertiary/aromatic N) is 2. The third kappa shape index (κ3) is 2.09. The topological polar surface area (TPSA) is 67.2 Å². The lowest BCUT2D eigenvalue weighted by molar-refractivity contribution is 0.562. The van der Waals surface area contributed by atoms with Crippen molar-refractivity contribution in [2.45, 2.75) is 13.5 Å². The van der Waals surface area contributed by atoms with E-state index in [0.29, 0.717) is 0 Å². The number of benzene rings is 1. The zero-order valence-electron chi connectivity index (χ0n) is 9.30. The first kappa shape index (κ1) is 11.1. The van der Waals surface area contributed by atoms with Crippen molar-refractivity contribution in [3.63, 3.8) is 0 Å². The van der Waals surface area contributed by atoms with Gasteiger partial charge in [-0.15, -0.1) is 0 Å². The van der Waals surface area contributed by atoms with E-state index >= 15 is 0 Å². The summed E-state index contributed by atoms with van der Waals surface area (Å²) in [6.45, 7) is 2.05. The molecule has 0 saturated carbocycles. The fourth-order valence-electron chi connectivity index (χ4n) is 1.73. The second-order valence-corrected chi connectivity index (χ2v) is 3.61. The highest BCUT2D eigenvalue weighted by molar-refractivity contribution is 5.43. The maximum absolute atomic E-state index is 11.7. The third-order valence-corrected chi connectivity index (χ3v) is 2.51. The van der Waals surface area contributed by atoms with Crippen molar-refractivity contribution in [3.8, 4) is 5.69 Å². The molecule has 0 aliphatic carbocycles. The molecule has 0 radical (unpaired) electrons. The van der Waals surface area contributed by atoms with Crippen LogP contribution in [0.1, 0.15) is 11.3 Å². The first-order valence-corrected chi connectivity index (χ1v) is 5.13. The number of H-pyrrole nitrogens is 1. The van der Waals surface area contributed by atoms with Gasteiger partial charge in [0.05, 0.1) is 12.2 Å². The third-order valence-electron chi connectivity index (χ3n) is 2.51. The summed E-state index contributed by atoms with van der Waals surface area (Å²) in [6, 6.07) is 7.32. The lowest BCUT2D eigenvalue weighted by Crippen LogP contribution is -2.17. The van der Waals surface area contributed by atoms with Crippen molar-refractivity contribution in [2.75, 3.05) is 0 Å². The van der Waals surface area contributed by atoms with Gasteiger partial charge in [-0.3, -0.25) is 4.57 Å². The molecule has 2 rings (SSSR count). The minimum Gasteiger partial charge on any atom is -0.312 e.